The van der Waals surface area contributed by atoms with Crippen LogP contribution in [-0.4, -0.2) is 4.98 Å². The minimum atomic E-state index is 1.08. The summed E-state index contributed by atoms with van der Waals surface area (Å²) < 4.78 is 0. The maximum Gasteiger partial charge on any atom is 0.0691 e. The normalized spacial score (nSPS) is 14.7. The molecule has 1 aromatic heterocycles. The zero-order chi connectivity index (χ0) is 6.97. The van der Waals surface area contributed by atoms with Gasteiger partial charge in [-0.3, -0.25) is 4.98 Å². The molecule has 0 aliphatic heterocycles. The molecule has 1 aromatic rings. The van der Waals surface area contributed by atoms with Crippen molar-refractivity contribution in [2.75, 3.05) is 0 Å². The van der Waals surface area contributed by atoms with Gasteiger partial charge in [-0.15, -0.1) is 0 Å². The average Bonchev–Trinajstić information content (AvgIpc) is 2.34. The highest BCUT2D eigenvalue weighted by Gasteiger charge is 1.98. The minimum Gasteiger partial charge on any atom is -0.256 e. The molecule has 0 amide bonds. The molecule has 0 saturated heterocycles. The van der Waals surface area contributed by atoms with Crippen LogP contribution in [0.1, 0.15) is 13.3 Å². The Kier molecular flexibility index (Phi) is 1.10. The third-order valence-electron chi connectivity index (χ3n) is 1.87. The van der Waals surface area contributed by atoms with Crippen molar-refractivity contribution in [1.29, 1.82) is 0 Å². The Hall–Kier alpha value is -1.11. The van der Waals surface area contributed by atoms with Gasteiger partial charge in [-0.1, -0.05) is 12.1 Å². The summed E-state index contributed by atoms with van der Waals surface area (Å²) >= 11 is 0. The van der Waals surface area contributed by atoms with Crippen LogP contribution >= 0.6 is 0 Å². The minimum absolute atomic E-state index is 1.08. The molecule has 0 atom stereocenters. The summed E-state index contributed by atoms with van der Waals surface area (Å²) in [5, 5.41) is 2.47. The monoisotopic (exact) mass is 131 g/mol. The molecule has 0 radical (unpaired) electrons. The Morgan fingerprint density at radius 1 is 1.50 bits per heavy atom. The molecular formula is C9H9N. The SMILES string of the molecule is CC1=c2ncccc2=CC1. The van der Waals surface area contributed by atoms with Crippen molar-refractivity contribution in [2.24, 2.45) is 0 Å². The molecule has 0 spiro atoms. The average molecular weight is 131 g/mol. The smallest absolute Gasteiger partial charge is 0.0691 e. The fourth-order valence-electron chi connectivity index (χ4n) is 1.30. The molecule has 0 fully saturated rings. The first-order valence-corrected chi connectivity index (χ1v) is 3.49. The Balaban J connectivity index is 2.96. The summed E-state index contributed by atoms with van der Waals surface area (Å²) in [6.07, 6.45) is 5.14. The van der Waals surface area contributed by atoms with Crippen LogP contribution < -0.4 is 10.6 Å². The molecule has 0 saturated carbocycles. The summed E-state index contributed by atoms with van der Waals surface area (Å²) in [5.41, 5.74) is 1.38. The molecule has 0 bridgehead atoms. The molecule has 0 unspecified atom stereocenters. The van der Waals surface area contributed by atoms with Gasteiger partial charge < -0.3 is 0 Å². The van der Waals surface area contributed by atoms with Gasteiger partial charge in [0, 0.05) is 6.20 Å². The van der Waals surface area contributed by atoms with Crippen molar-refractivity contribution in [2.45, 2.75) is 13.3 Å². The molecular weight excluding hydrogens is 122 g/mol. The highest BCUT2D eigenvalue weighted by Crippen LogP contribution is 2.00. The van der Waals surface area contributed by atoms with E-state index in [0.29, 0.717) is 0 Å². The molecule has 1 aliphatic rings. The molecule has 2 rings (SSSR count). The first-order chi connectivity index (χ1) is 4.88. The van der Waals surface area contributed by atoms with Gasteiger partial charge in [0.05, 0.1) is 5.35 Å². The van der Waals surface area contributed by atoms with Crippen LogP contribution in [0.15, 0.2) is 18.3 Å². The summed E-state index contributed by atoms with van der Waals surface area (Å²) in [7, 11) is 0. The van der Waals surface area contributed by atoms with Crippen molar-refractivity contribution in [3.63, 3.8) is 0 Å². The van der Waals surface area contributed by atoms with E-state index in [2.05, 4.69) is 24.1 Å². The number of aromatic nitrogens is 1. The first kappa shape index (κ1) is 5.66. The Morgan fingerprint density at radius 2 is 2.40 bits per heavy atom. The van der Waals surface area contributed by atoms with Crippen molar-refractivity contribution in [3.8, 4) is 0 Å². The molecule has 1 aliphatic carbocycles. The molecule has 1 nitrogen and oxygen atoms in total. The number of fused-ring (bicyclic) bond motifs is 1. The second-order valence-corrected chi connectivity index (χ2v) is 2.63. The molecule has 1 heteroatoms. The number of nitrogens with zero attached hydrogens (tertiary/aromatic N) is 1. The van der Waals surface area contributed by atoms with Crippen LogP contribution in [0.4, 0.5) is 0 Å². The fraction of sp³-hybridized carbons (Fsp3) is 0.222. The van der Waals surface area contributed by atoms with Crippen LogP contribution in [0.5, 0.6) is 0 Å². The van der Waals surface area contributed by atoms with E-state index in [1.807, 2.05) is 12.3 Å². The van der Waals surface area contributed by atoms with Crippen LogP contribution in [0.3, 0.4) is 0 Å². The predicted molar refractivity (Wildman–Crippen MR) is 41.7 cm³/mol. The number of rotatable bonds is 0. The summed E-state index contributed by atoms with van der Waals surface area (Å²) in [6, 6.07) is 4.09. The zero-order valence-electron chi connectivity index (χ0n) is 5.96. The van der Waals surface area contributed by atoms with Gasteiger partial charge in [-0.2, -0.15) is 0 Å². The third-order valence-corrected chi connectivity index (χ3v) is 1.87. The maximum absolute atomic E-state index is 4.27. The lowest BCUT2D eigenvalue weighted by molar-refractivity contribution is 1.21. The van der Waals surface area contributed by atoms with Gasteiger partial charge in [-0.05, 0) is 30.2 Å². The fourth-order valence-corrected chi connectivity index (χ4v) is 1.30. The van der Waals surface area contributed by atoms with Crippen molar-refractivity contribution >= 4 is 11.6 Å². The number of pyridine rings is 1. The van der Waals surface area contributed by atoms with Gasteiger partial charge >= 0.3 is 0 Å². The highest BCUT2D eigenvalue weighted by molar-refractivity contribution is 5.55. The van der Waals surface area contributed by atoms with Crippen LogP contribution in [-0.2, 0) is 0 Å². The molecule has 10 heavy (non-hydrogen) atoms. The van der Waals surface area contributed by atoms with E-state index in [0.717, 1.165) is 6.42 Å². The van der Waals surface area contributed by atoms with E-state index in [1.165, 1.54) is 16.1 Å². The van der Waals surface area contributed by atoms with E-state index in [1.54, 1.807) is 0 Å². The second-order valence-electron chi connectivity index (χ2n) is 2.63. The molecule has 50 valence electrons. The van der Waals surface area contributed by atoms with Crippen molar-refractivity contribution in [3.05, 3.63) is 28.9 Å². The number of hydrogen-bond donors (Lipinski definition) is 0. The van der Waals surface area contributed by atoms with Gasteiger partial charge in [0.25, 0.3) is 0 Å². The van der Waals surface area contributed by atoms with E-state index >= 15 is 0 Å². The first-order valence-electron chi connectivity index (χ1n) is 3.49. The van der Waals surface area contributed by atoms with Crippen LogP contribution in [0.25, 0.3) is 11.6 Å². The summed E-state index contributed by atoms with van der Waals surface area (Å²) in [4.78, 5) is 4.27. The summed E-state index contributed by atoms with van der Waals surface area (Å²) in [6.45, 7) is 2.13. The lowest BCUT2D eigenvalue weighted by Crippen LogP contribution is -2.25. The van der Waals surface area contributed by atoms with Crippen molar-refractivity contribution < 1.29 is 0 Å². The van der Waals surface area contributed by atoms with E-state index in [4.69, 9.17) is 0 Å². The third kappa shape index (κ3) is 0.670. The maximum atomic E-state index is 4.27. The Morgan fingerprint density at radius 3 is 3.20 bits per heavy atom. The largest absolute Gasteiger partial charge is 0.256 e. The topological polar surface area (TPSA) is 12.9 Å². The van der Waals surface area contributed by atoms with Gasteiger partial charge in [0.1, 0.15) is 0 Å². The van der Waals surface area contributed by atoms with Gasteiger partial charge in [0.15, 0.2) is 0 Å². The number of hydrogen-bond acceptors (Lipinski definition) is 1. The van der Waals surface area contributed by atoms with Crippen LogP contribution in [0, 0.1) is 0 Å². The summed E-state index contributed by atoms with van der Waals surface area (Å²) in [5.74, 6) is 0. The highest BCUT2D eigenvalue weighted by atomic mass is 14.6. The van der Waals surface area contributed by atoms with Crippen LogP contribution in [0.2, 0.25) is 0 Å². The quantitative estimate of drug-likeness (QED) is 0.497. The molecule has 0 N–H and O–H groups in total. The zero-order valence-corrected chi connectivity index (χ0v) is 5.96. The lowest BCUT2D eigenvalue weighted by atomic mass is 10.3. The molecule has 0 aromatic carbocycles. The van der Waals surface area contributed by atoms with Gasteiger partial charge in [0.2, 0.25) is 0 Å². The van der Waals surface area contributed by atoms with E-state index in [9.17, 15) is 0 Å². The van der Waals surface area contributed by atoms with Gasteiger partial charge in [-0.25, -0.2) is 0 Å². The second kappa shape index (κ2) is 1.94. The Labute approximate surface area is 59.7 Å². The van der Waals surface area contributed by atoms with E-state index < -0.39 is 0 Å². The lowest BCUT2D eigenvalue weighted by Gasteiger charge is -1.85. The van der Waals surface area contributed by atoms with E-state index in [-0.39, 0.29) is 0 Å². The predicted octanol–water partition coefficient (Wildman–Crippen LogP) is 0.436. The van der Waals surface area contributed by atoms with Crippen molar-refractivity contribution in [1.82, 2.24) is 4.98 Å². The molecule has 1 heterocycles. The Bertz CT molecular complexity index is 363. The standard InChI is InChI=1S/C9H9N/c1-7-4-5-8-3-2-6-10-9(7)8/h2-3,5-6H,4H2,1H3.